The molecule has 0 saturated carbocycles. The summed E-state index contributed by atoms with van der Waals surface area (Å²) in [5, 5.41) is 12.3. The van der Waals surface area contributed by atoms with Crippen LogP contribution < -0.4 is 14.8 Å². The smallest absolute Gasteiger partial charge is 0.257 e. The summed E-state index contributed by atoms with van der Waals surface area (Å²) in [6.07, 6.45) is 3.28. The van der Waals surface area contributed by atoms with Crippen LogP contribution in [0.1, 0.15) is 27.6 Å². The first-order valence-corrected chi connectivity index (χ1v) is 11.9. The molecule has 0 radical (unpaired) electrons. The second kappa shape index (κ2) is 11.1. The Bertz CT molecular complexity index is 1290. The third-order valence-corrected chi connectivity index (χ3v) is 6.17. The molecule has 35 heavy (non-hydrogen) atoms. The highest BCUT2D eigenvalue weighted by atomic mass is 32.1. The number of likely N-dealkylation sites (N-methyl/N-ethyl adjacent to an activating group) is 1. The van der Waals surface area contributed by atoms with Gasteiger partial charge in [-0.25, -0.2) is 0 Å². The molecule has 8 nitrogen and oxygen atoms in total. The molecule has 0 bridgehead atoms. The van der Waals surface area contributed by atoms with Crippen LogP contribution in [0.5, 0.6) is 11.5 Å². The van der Waals surface area contributed by atoms with Gasteiger partial charge in [0.2, 0.25) is 5.13 Å². The Labute approximate surface area is 208 Å². The normalized spacial score (nSPS) is 11.8. The molecule has 4 aromatic rings. The van der Waals surface area contributed by atoms with Crippen molar-refractivity contribution < 1.29 is 14.3 Å². The van der Waals surface area contributed by atoms with Crippen LogP contribution in [0.15, 0.2) is 67.0 Å². The lowest BCUT2D eigenvalue weighted by Gasteiger charge is -2.24. The molecule has 180 valence electrons. The first-order chi connectivity index (χ1) is 16.9. The van der Waals surface area contributed by atoms with Crippen molar-refractivity contribution in [2.45, 2.75) is 13.0 Å². The van der Waals surface area contributed by atoms with Gasteiger partial charge >= 0.3 is 0 Å². The zero-order chi connectivity index (χ0) is 24.8. The van der Waals surface area contributed by atoms with E-state index in [1.165, 1.54) is 11.3 Å². The number of benzene rings is 2. The van der Waals surface area contributed by atoms with E-state index in [-0.39, 0.29) is 12.0 Å². The van der Waals surface area contributed by atoms with Crippen molar-refractivity contribution >= 4 is 22.4 Å². The summed E-state index contributed by atoms with van der Waals surface area (Å²) in [6, 6.07) is 17.0. The minimum atomic E-state index is -0.308. The number of aromatic nitrogens is 3. The fourth-order valence-electron chi connectivity index (χ4n) is 3.53. The molecule has 0 saturated heterocycles. The number of hydrogen-bond acceptors (Lipinski definition) is 8. The molecule has 1 atom stereocenters. The number of aryl methyl sites for hydroxylation is 1. The molecule has 2 aromatic carbocycles. The van der Waals surface area contributed by atoms with Crippen molar-refractivity contribution in [3.8, 4) is 22.1 Å². The van der Waals surface area contributed by atoms with Crippen molar-refractivity contribution in [3.63, 3.8) is 0 Å². The Morgan fingerprint density at radius 1 is 1.09 bits per heavy atom. The van der Waals surface area contributed by atoms with Gasteiger partial charge in [-0.2, -0.15) is 0 Å². The molecule has 9 heteroatoms. The predicted octanol–water partition coefficient (Wildman–Crippen LogP) is 4.85. The lowest BCUT2D eigenvalue weighted by atomic mass is 10.1. The van der Waals surface area contributed by atoms with Crippen LogP contribution in [0.25, 0.3) is 10.6 Å². The van der Waals surface area contributed by atoms with Crippen LogP contribution in [0.2, 0.25) is 0 Å². The summed E-state index contributed by atoms with van der Waals surface area (Å²) < 4.78 is 11.9. The van der Waals surface area contributed by atoms with E-state index in [0.717, 1.165) is 21.7 Å². The van der Waals surface area contributed by atoms with Crippen molar-refractivity contribution in [2.24, 2.45) is 0 Å². The number of carbonyl (C=O) groups is 1. The summed E-state index contributed by atoms with van der Waals surface area (Å²) in [5.41, 5.74) is 3.41. The summed E-state index contributed by atoms with van der Waals surface area (Å²) in [5.74, 6) is 0.728. The Hall–Kier alpha value is -3.82. The fourth-order valence-corrected chi connectivity index (χ4v) is 4.36. The molecule has 4 rings (SSSR count). The second-order valence-electron chi connectivity index (χ2n) is 8.20. The highest BCUT2D eigenvalue weighted by Crippen LogP contribution is 2.33. The zero-order valence-electron chi connectivity index (χ0n) is 20.1. The van der Waals surface area contributed by atoms with Gasteiger partial charge < -0.3 is 14.4 Å². The van der Waals surface area contributed by atoms with Crippen molar-refractivity contribution in [3.05, 3.63) is 83.7 Å². The van der Waals surface area contributed by atoms with Gasteiger partial charge in [-0.1, -0.05) is 41.7 Å². The number of carbonyl (C=O) groups excluding carboxylic acids is 1. The number of rotatable bonds is 9. The Kier molecular flexibility index (Phi) is 7.69. The summed E-state index contributed by atoms with van der Waals surface area (Å²) in [4.78, 5) is 19.1. The van der Waals surface area contributed by atoms with E-state index in [1.54, 1.807) is 37.7 Å². The average Bonchev–Trinajstić information content (AvgIpc) is 3.32. The first-order valence-electron chi connectivity index (χ1n) is 11.0. The van der Waals surface area contributed by atoms with Gasteiger partial charge in [0, 0.05) is 30.1 Å². The van der Waals surface area contributed by atoms with Crippen LogP contribution in [-0.4, -0.2) is 53.7 Å². The maximum atomic E-state index is 12.9. The van der Waals surface area contributed by atoms with Gasteiger partial charge in [0.15, 0.2) is 11.5 Å². The van der Waals surface area contributed by atoms with E-state index in [1.807, 2.05) is 57.4 Å². The molecule has 2 heterocycles. The van der Waals surface area contributed by atoms with Gasteiger partial charge in [0.1, 0.15) is 11.1 Å². The monoisotopic (exact) mass is 489 g/mol. The molecular formula is C26H27N5O3S. The predicted molar refractivity (Wildman–Crippen MR) is 137 cm³/mol. The molecule has 0 spiro atoms. The molecule has 1 N–H and O–H groups in total. The van der Waals surface area contributed by atoms with Crippen LogP contribution in [0, 0.1) is 6.92 Å². The number of nitrogens with one attached hydrogen (secondary N) is 1. The minimum Gasteiger partial charge on any atom is -0.493 e. The minimum absolute atomic E-state index is 0.198. The van der Waals surface area contributed by atoms with Crippen LogP contribution in [-0.2, 0) is 0 Å². The van der Waals surface area contributed by atoms with Crippen LogP contribution in [0.3, 0.4) is 0 Å². The molecule has 0 aliphatic carbocycles. The maximum absolute atomic E-state index is 12.9. The van der Waals surface area contributed by atoms with Gasteiger partial charge in [-0.3, -0.25) is 15.1 Å². The third kappa shape index (κ3) is 6.00. The number of anilines is 1. The molecule has 0 aliphatic rings. The number of amides is 1. The Balaban J connectivity index is 1.51. The largest absolute Gasteiger partial charge is 0.493 e. The van der Waals surface area contributed by atoms with Crippen LogP contribution in [0.4, 0.5) is 5.13 Å². The number of pyridine rings is 1. The van der Waals surface area contributed by atoms with Crippen molar-refractivity contribution in [1.82, 2.24) is 20.1 Å². The van der Waals surface area contributed by atoms with Gasteiger partial charge in [0.05, 0.1) is 7.11 Å². The van der Waals surface area contributed by atoms with Gasteiger partial charge in [-0.15, -0.1) is 10.2 Å². The summed E-state index contributed by atoms with van der Waals surface area (Å²) in [7, 11) is 5.55. The van der Waals surface area contributed by atoms with E-state index in [0.29, 0.717) is 28.7 Å². The number of nitrogens with zero attached hydrogens (tertiary/aromatic N) is 4. The standard InChI is InChI=1S/C26H27N5O3S/c1-17-15-27-13-12-20(17)25-29-30-26(35-25)28-24(32)19-10-11-21(22(14-19)33-4)34-23(16-31(2)3)18-8-6-5-7-9-18/h5-15,23H,16H2,1-4H3,(H,28,30,32). The van der Waals surface area contributed by atoms with E-state index in [9.17, 15) is 4.79 Å². The molecule has 1 amide bonds. The maximum Gasteiger partial charge on any atom is 0.257 e. The zero-order valence-corrected chi connectivity index (χ0v) is 20.9. The highest BCUT2D eigenvalue weighted by molar-refractivity contribution is 7.18. The van der Waals surface area contributed by atoms with Gasteiger partial charge in [0.25, 0.3) is 5.91 Å². The quantitative estimate of drug-likeness (QED) is 0.359. The summed E-state index contributed by atoms with van der Waals surface area (Å²) in [6.45, 7) is 2.64. The molecule has 1 unspecified atom stereocenters. The van der Waals surface area contributed by atoms with E-state index in [2.05, 4.69) is 25.4 Å². The lowest BCUT2D eigenvalue weighted by Crippen LogP contribution is -2.24. The third-order valence-electron chi connectivity index (χ3n) is 5.29. The topological polar surface area (TPSA) is 89.5 Å². The van der Waals surface area contributed by atoms with Crippen molar-refractivity contribution in [1.29, 1.82) is 0 Å². The van der Waals surface area contributed by atoms with Crippen LogP contribution >= 0.6 is 11.3 Å². The van der Waals surface area contributed by atoms with E-state index < -0.39 is 0 Å². The van der Waals surface area contributed by atoms with E-state index in [4.69, 9.17) is 9.47 Å². The lowest BCUT2D eigenvalue weighted by molar-refractivity contribution is 0.102. The Morgan fingerprint density at radius 2 is 1.89 bits per heavy atom. The number of ether oxygens (including phenoxy) is 2. The molecule has 2 aromatic heterocycles. The first kappa shape index (κ1) is 24.3. The van der Waals surface area contributed by atoms with Gasteiger partial charge in [-0.05, 0) is 56.4 Å². The highest BCUT2D eigenvalue weighted by Gasteiger charge is 2.19. The number of methoxy groups -OCH3 is 1. The summed E-state index contributed by atoms with van der Waals surface area (Å²) >= 11 is 1.31. The number of hydrogen-bond donors (Lipinski definition) is 1. The second-order valence-corrected chi connectivity index (χ2v) is 9.18. The van der Waals surface area contributed by atoms with Crippen molar-refractivity contribution in [2.75, 3.05) is 33.1 Å². The van der Waals surface area contributed by atoms with E-state index >= 15 is 0 Å². The average molecular weight is 490 g/mol. The molecule has 0 aliphatic heterocycles. The Morgan fingerprint density at radius 3 is 2.60 bits per heavy atom. The fraction of sp³-hybridized carbons (Fsp3) is 0.231. The SMILES string of the molecule is COc1cc(C(=O)Nc2nnc(-c3ccncc3C)s2)ccc1OC(CN(C)C)c1ccccc1. The molecule has 0 fully saturated rings. The molecular weight excluding hydrogens is 462 g/mol.